The summed E-state index contributed by atoms with van der Waals surface area (Å²) in [6.45, 7) is 0. The van der Waals surface area contributed by atoms with Gasteiger partial charge in [-0.05, 0) is 0 Å². The lowest BCUT2D eigenvalue weighted by atomic mass is 10.2. The molecule has 1 aromatic heterocycles. The molecule has 0 unspecified atom stereocenters. The zero-order chi connectivity index (χ0) is 10.0. The van der Waals surface area contributed by atoms with E-state index in [0.29, 0.717) is 0 Å². The summed E-state index contributed by atoms with van der Waals surface area (Å²) in [6.07, 6.45) is -1.56. The van der Waals surface area contributed by atoms with E-state index < -0.39 is 12.0 Å². The van der Waals surface area contributed by atoms with Crippen LogP contribution in [-0.4, -0.2) is 12.1 Å². The quantitative estimate of drug-likeness (QED) is 0.732. The van der Waals surface area contributed by atoms with E-state index in [1.54, 1.807) is 0 Å². The number of halogens is 2. The Morgan fingerprint density at radius 2 is 2.08 bits per heavy atom. The average molecular weight is 189 g/mol. The highest BCUT2D eigenvalue weighted by Gasteiger charge is 2.20. The van der Waals surface area contributed by atoms with Crippen LogP contribution in [0.25, 0.3) is 0 Å². The number of aromatic nitrogens is 1. The van der Waals surface area contributed by atoms with Crippen molar-refractivity contribution in [3.8, 4) is 5.75 Å². The molecule has 4 N–H and O–H groups in total. The summed E-state index contributed by atoms with van der Waals surface area (Å²) in [7, 11) is 1.25. The summed E-state index contributed by atoms with van der Waals surface area (Å²) in [4.78, 5) is 3.50. The Morgan fingerprint density at radius 1 is 1.46 bits per heavy atom. The van der Waals surface area contributed by atoms with Gasteiger partial charge in [0.05, 0.1) is 19.0 Å². The number of nitrogens with two attached hydrogens (primary N) is 2. The van der Waals surface area contributed by atoms with E-state index in [-0.39, 0.29) is 17.3 Å². The molecule has 0 aliphatic carbocycles. The minimum Gasteiger partial charge on any atom is -0.494 e. The molecule has 13 heavy (non-hydrogen) atoms. The highest BCUT2D eigenvalue weighted by atomic mass is 19.3. The van der Waals surface area contributed by atoms with E-state index in [9.17, 15) is 8.78 Å². The first-order valence-corrected chi connectivity index (χ1v) is 3.44. The smallest absolute Gasteiger partial charge is 0.271 e. The molecule has 0 aliphatic heterocycles. The van der Waals surface area contributed by atoms with E-state index in [2.05, 4.69) is 4.98 Å². The van der Waals surface area contributed by atoms with Crippen molar-refractivity contribution in [2.45, 2.75) is 6.43 Å². The molecule has 0 saturated carbocycles. The predicted octanol–water partition coefficient (Wildman–Crippen LogP) is 1.19. The van der Waals surface area contributed by atoms with Crippen LogP contribution in [0.4, 0.5) is 20.3 Å². The zero-order valence-electron chi connectivity index (χ0n) is 6.92. The molecule has 0 amide bonds. The van der Waals surface area contributed by atoms with Crippen molar-refractivity contribution < 1.29 is 13.5 Å². The molecule has 0 aliphatic rings. The SMILES string of the molecule is COc1c(N)cnc(N)c1C(F)F. The first-order chi connectivity index (χ1) is 6.07. The average Bonchev–Trinajstić information content (AvgIpc) is 2.07. The van der Waals surface area contributed by atoms with E-state index in [0.717, 1.165) is 0 Å². The Morgan fingerprint density at radius 3 is 2.46 bits per heavy atom. The van der Waals surface area contributed by atoms with Crippen LogP contribution in [0.1, 0.15) is 12.0 Å². The summed E-state index contributed by atoms with van der Waals surface area (Å²) in [5.41, 5.74) is 10.2. The topological polar surface area (TPSA) is 74.2 Å². The Bertz CT molecular complexity index is 317. The Labute approximate surface area is 73.5 Å². The van der Waals surface area contributed by atoms with Gasteiger partial charge in [0.1, 0.15) is 11.4 Å². The molecule has 1 rings (SSSR count). The number of hydrogen-bond donors (Lipinski definition) is 2. The second kappa shape index (κ2) is 3.42. The van der Waals surface area contributed by atoms with Crippen LogP contribution in [0.15, 0.2) is 6.20 Å². The highest BCUT2D eigenvalue weighted by Crippen LogP contribution is 2.36. The maximum atomic E-state index is 12.4. The lowest BCUT2D eigenvalue weighted by molar-refractivity contribution is 0.147. The first-order valence-electron chi connectivity index (χ1n) is 3.44. The fourth-order valence-electron chi connectivity index (χ4n) is 0.978. The van der Waals surface area contributed by atoms with Crippen LogP contribution in [-0.2, 0) is 0 Å². The lowest BCUT2D eigenvalue weighted by Crippen LogP contribution is -2.04. The molecule has 72 valence electrons. The second-order valence-electron chi connectivity index (χ2n) is 2.35. The molecule has 0 atom stereocenters. The van der Waals surface area contributed by atoms with Crippen molar-refractivity contribution in [2.24, 2.45) is 0 Å². The standard InChI is InChI=1S/C7H9F2N3O/c1-13-5-3(10)2-12-7(11)4(5)6(8)9/h2,6H,10H2,1H3,(H2,11,12). The number of hydrogen-bond acceptors (Lipinski definition) is 4. The van der Waals surface area contributed by atoms with Crippen molar-refractivity contribution in [1.29, 1.82) is 0 Å². The summed E-state index contributed by atoms with van der Waals surface area (Å²) >= 11 is 0. The van der Waals surface area contributed by atoms with Crippen molar-refractivity contribution in [3.05, 3.63) is 11.8 Å². The number of pyridine rings is 1. The summed E-state index contributed by atoms with van der Waals surface area (Å²) in [5.74, 6) is -0.372. The molecule has 1 aromatic rings. The molecule has 0 spiro atoms. The third-order valence-electron chi connectivity index (χ3n) is 1.55. The predicted molar refractivity (Wildman–Crippen MR) is 44.6 cm³/mol. The van der Waals surface area contributed by atoms with Crippen molar-refractivity contribution >= 4 is 11.5 Å². The fraction of sp³-hybridized carbons (Fsp3) is 0.286. The number of anilines is 2. The number of alkyl halides is 2. The van der Waals surface area contributed by atoms with Gasteiger partial charge in [0, 0.05) is 0 Å². The van der Waals surface area contributed by atoms with E-state index in [1.807, 2.05) is 0 Å². The number of nitrogens with zero attached hydrogens (tertiary/aromatic N) is 1. The number of rotatable bonds is 2. The zero-order valence-corrected chi connectivity index (χ0v) is 6.92. The van der Waals surface area contributed by atoms with Crippen molar-refractivity contribution in [2.75, 3.05) is 18.6 Å². The van der Waals surface area contributed by atoms with Crippen LogP contribution < -0.4 is 16.2 Å². The van der Waals surface area contributed by atoms with Crippen LogP contribution in [0.2, 0.25) is 0 Å². The highest BCUT2D eigenvalue weighted by molar-refractivity contribution is 5.62. The molecular formula is C7H9F2N3O. The maximum Gasteiger partial charge on any atom is 0.271 e. The van der Waals surface area contributed by atoms with Gasteiger partial charge in [0.25, 0.3) is 6.43 Å². The molecule has 0 radical (unpaired) electrons. The van der Waals surface area contributed by atoms with Crippen molar-refractivity contribution in [3.63, 3.8) is 0 Å². The van der Waals surface area contributed by atoms with E-state index in [4.69, 9.17) is 16.2 Å². The molecule has 1 heterocycles. The maximum absolute atomic E-state index is 12.4. The van der Waals surface area contributed by atoms with Crippen LogP contribution in [0.5, 0.6) is 5.75 Å². The summed E-state index contributed by atoms with van der Waals surface area (Å²) < 4.78 is 29.5. The third-order valence-corrected chi connectivity index (χ3v) is 1.55. The molecule has 0 bridgehead atoms. The van der Waals surface area contributed by atoms with Gasteiger partial charge in [-0.1, -0.05) is 0 Å². The van der Waals surface area contributed by atoms with Gasteiger partial charge in [-0.3, -0.25) is 0 Å². The summed E-state index contributed by atoms with van der Waals surface area (Å²) in [5, 5.41) is 0. The normalized spacial score (nSPS) is 10.5. The van der Waals surface area contributed by atoms with Crippen LogP contribution >= 0.6 is 0 Å². The van der Waals surface area contributed by atoms with E-state index >= 15 is 0 Å². The number of nitrogen functional groups attached to an aromatic ring is 2. The Balaban J connectivity index is 3.35. The Hall–Kier alpha value is -1.59. The fourth-order valence-corrected chi connectivity index (χ4v) is 0.978. The number of methoxy groups -OCH3 is 1. The molecule has 0 aromatic carbocycles. The van der Waals surface area contributed by atoms with Gasteiger partial charge in [-0.15, -0.1) is 0 Å². The Kier molecular flexibility index (Phi) is 2.50. The second-order valence-corrected chi connectivity index (χ2v) is 2.35. The third kappa shape index (κ3) is 1.61. The van der Waals surface area contributed by atoms with Gasteiger partial charge in [0.15, 0.2) is 5.75 Å². The number of ether oxygens (including phenoxy) is 1. The summed E-state index contributed by atoms with van der Waals surface area (Å²) in [6, 6.07) is 0. The molecule has 0 fully saturated rings. The monoisotopic (exact) mass is 189 g/mol. The first kappa shape index (κ1) is 9.50. The van der Waals surface area contributed by atoms with Crippen molar-refractivity contribution in [1.82, 2.24) is 4.98 Å². The molecule has 4 nitrogen and oxygen atoms in total. The molecular weight excluding hydrogens is 180 g/mol. The van der Waals surface area contributed by atoms with Crippen LogP contribution in [0, 0.1) is 0 Å². The van der Waals surface area contributed by atoms with Crippen LogP contribution in [0.3, 0.4) is 0 Å². The van der Waals surface area contributed by atoms with Gasteiger partial charge in [-0.25, -0.2) is 13.8 Å². The van der Waals surface area contributed by atoms with Gasteiger partial charge in [0.2, 0.25) is 0 Å². The minimum absolute atomic E-state index is 0.0481. The minimum atomic E-state index is -2.74. The van der Waals surface area contributed by atoms with Gasteiger partial charge in [-0.2, -0.15) is 0 Å². The van der Waals surface area contributed by atoms with E-state index in [1.165, 1.54) is 13.3 Å². The molecule has 0 saturated heterocycles. The van der Waals surface area contributed by atoms with Gasteiger partial charge < -0.3 is 16.2 Å². The van der Waals surface area contributed by atoms with Gasteiger partial charge >= 0.3 is 0 Å². The lowest BCUT2D eigenvalue weighted by Gasteiger charge is -2.11. The molecule has 6 heteroatoms. The largest absolute Gasteiger partial charge is 0.494 e.